The van der Waals surface area contributed by atoms with Crippen LogP contribution in [0.1, 0.15) is 19.0 Å². The Morgan fingerprint density at radius 3 is 2.77 bits per heavy atom. The lowest BCUT2D eigenvalue weighted by molar-refractivity contribution is 0.000551. The van der Waals surface area contributed by atoms with Crippen LogP contribution >= 0.6 is 0 Å². The Morgan fingerprint density at radius 1 is 1.69 bits per heavy atom. The molecular weight excluding hydrogens is 162 g/mol. The first kappa shape index (κ1) is 9.88. The normalized spacial score (nSPS) is 14.9. The highest BCUT2D eigenvalue weighted by atomic mass is 16.5. The summed E-state index contributed by atoms with van der Waals surface area (Å²) in [4.78, 5) is 0. The zero-order valence-corrected chi connectivity index (χ0v) is 8.37. The van der Waals surface area contributed by atoms with Crippen LogP contribution in [0.4, 0.5) is 0 Å². The van der Waals surface area contributed by atoms with Crippen LogP contribution in [0, 0.1) is 12.3 Å². The second-order valence-corrected chi connectivity index (χ2v) is 3.32. The minimum absolute atomic E-state index is 0.368. The van der Waals surface area contributed by atoms with E-state index < -0.39 is 0 Å². The first-order valence-corrected chi connectivity index (χ1v) is 4.24. The molecule has 1 aromatic heterocycles. The van der Waals surface area contributed by atoms with E-state index in [0.717, 1.165) is 5.69 Å². The highest BCUT2D eigenvalue weighted by Gasteiger charge is 2.27. The molecule has 0 fully saturated rings. The van der Waals surface area contributed by atoms with Gasteiger partial charge in [0.05, 0.1) is 5.69 Å². The van der Waals surface area contributed by atoms with Crippen molar-refractivity contribution in [2.45, 2.75) is 18.9 Å². The van der Waals surface area contributed by atoms with Gasteiger partial charge in [0, 0.05) is 26.8 Å². The topological polar surface area (TPSA) is 14.2 Å². The molecule has 0 aliphatic carbocycles. The van der Waals surface area contributed by atoms with Gasteiger partial charge in [0.1, 0.15) is 5.60 Å². The average Bonchev–Trinajstić information content (AvgIpc) is 2.52. The summed E-state index contributed by atoms with van der Waals surface area (Å²) < 4.78 is 7.47. The lowest BCUT2D eigenvalue weighted by Gasteiger charge is -2.26. The molecule has 0 saturated carbocycles. The zero-order valence-electron chi connectivity index (χ0n) is 8.37. The van der Waals surface area contributed by atoms with Crippen LogP contribution in [0.5, 0.6) is 0 Å². The van der Waals surface area contributed by atoms with Crippen LogP contribution < -0.4 is 0 Å². The lowest BCUT2D eigenvalue weighted by Crippen LogP contribution is -2.26. The number of hydrogen-bond donors (Lipinski definition) is 0. The number of methoxy groups -OCH3 is 1. The molecule has 0 amide bonds. The van der Waals surface area contributed by atoms with Crippen molar-refractivity contribution in [2.75, 3.05) is 7.11 Å². The fourth-order valence-electron chi connectivity index (χ4n) is 1.47. The van der Waals surface area contributed by atoms with Gasteiger partial charge in [-0.1, -0.05) is 0 Å². The van der Waals surface area contributed by atoms with Gasteiger partial charge in [-0.2, -0.15) is 0 Å². The molecule has 2 nitrogen and oxygen atoms in total. The van der Waals surface area contributed by atoms with Gasteiger partial charge in [0.2, 0.25) is 0 Å². The molecular formula is C11H15NO. The number of ether oxygens (including phenoxy) is 1. The van der Waals surface area contributed by atoms with Gasteiger partial charge in [0.15, 0.2) is 0 Å². The lowest BCUT2D eigenvalue weighted by atomic mass is 9.98. The van der Waals surface area contributed by atoms with Gasteiger partial charge in [-0.3, -0.25) is 0 Å². The van der Waals surface area contributed by atoms with Crippen molar-refractivity contribution < 1.29 is 4.74 Å². The van der Waals surface area contributed by atoms with Crippen molar-refractivity contribution in [2.24, 2.45) is 7.05 Å². The Hall–Kier alpha value is -1.20. The molecule has 0 aliphatic rings. The third kappa shape index (κ3) is 1.76. The Bertz CT molecular complexity index is 321. The number of aryl methyl sites for hydroxylation is 1. The zero-order chi connectivity index (χ0) is 9.90. The molecule has 0 bridgehead atoms. The van der Waals surface area contributed by atoms with Crippen LogP contribution in [0.25, 0.3) is 0 Å². The maximum absolute atomic E-state index is 5.44. The summed E-state index contributed by atoms with van der Waals surface area (Å²) >= 11 is 0. The van der Waals surface area contributed by atoms with Crippen molar-refractivity contribution in [1.29, 1.82) is 0 Å². The van der Waals surface area contributed by atoms with E-state index in [4.69, 9.17) is 11.2 Å². The molecule has 1 rings (SSSR count). The van der Waals surface area contributed by atoms with Crippen LogP contribution in [-0.4, -0.2) is 11.7 Å². The molecule has 0 aromatic carbocycles. The first-order chi connectivity index (χ1) is 6.14. The fourth-order valence-corrected chi connectivity index (χ4v) is 1.47. The van der Waals surface area contributed by atoms with Gasteiger partial charge in [-0.15, -0.1) is 12.3 Å². The van der Waals surface area contributed by atoms with Crippen molar-refractivity contribution in [3.63, 3.8) is 0 Å². The monoisotopic (exact) mass is 177 g/mol. The molecule has 70 valence electrons. The summed E-state index contributed by atoms with van der Waals surface area (Å²) in [5.74, 6) is 2.64. The Morgan fingerprint density at radius 2 is 2.38 bits per heavy atom. The number of hydrogen-bond acceptors (Lipinski definition) is 1. The smallest absolute Gasteiger partial charge is 0.116 e. The van der Waals surface area contributed by atoms with E-state index in [1.54, 1.807) is 7.11 Å². The number of nitrogens with zero attached hydrogens (tertiary/aromatic N) is 1. The Kier molecular flexibility index (Phi) is 2.79. The molecule has 2 heteroatoms. The molecule has 0 aliphatic heterocycles. The van der Waals surface area contributed by atoms with Gasteiger partial charge >= 0.3 is 0 Å². The molecule has 0 N–H and O–H groups in total. The summed E-state index contributed by atoms with van der Waals surface area (Å²) in [6.45, 7) is 2.00. The molecule has 1 atom stereocenters. The van der Waals surface area contributed by atoms with Gasteiger partial charge in [-0.25, -0.2) is 0 Å². The highest BCUT2D eigenvalue weighted by molar-refractivity contribution is 5.17. The van der Waals surface area contributed by atoms with Crippen molar-refractivity contribution in [3.05, 3.63) is 24.0 Å². The minimum Gasteiger partial charge on any atom is -0.371 e. The third-order valence-corrected chi connectivity index (χ3v) is 2.38. The minimum atomic E-state index is -0.368. The van der Waals surface area contributed by atoms with E-state index in [9.17, 15) is 0 Å². The van der Waals surface area contributed by atoms with E-state index in [1.165, 1.54) is 0 Å². The van der Waals surface area contributed by atoms with E-state index in [1.807, 2.05) is 36.9 Å². The van der Waals surface area contributed by atoms with Crippen molar-refractivity contribution >= 4 is 0 Å². The van der Waals surface area contributed by atoms with E-state index in [-0.39, 0.29) is 5.60 Å². The molecule has 1 heterocycles. The van der Waals surface area contributed by atoms with E-state index in [0.29, 0.717) is 6.42 Å². The summed E-state index contributed by atoms with van der Waals surface area (Å²) in [5.41, 5.74) is 0.737. The number of rotatable bonds is 3. The van der Waals surface area contributed by atoms with E-state index in [2.05, 4.69) is 5.92 Å². The van der Waals surface area contributed by atoms with Gasteiger partial charge in [-0.05, 0) is 19.1 Å². The summed E-state index contributed by atoms with van der Waals surface area (Å²) in [7, 11) is 3.67. The largest absolute Gasteiger partial charge is 0.371 e. The average molecular weight is 177 g/mol. The van der Waals surface area contributed by atoms with Gasteiger partial charge in [0.25, 0.3) is 0 Å². The van der Waals surface area contributed by atoms with Gasteiger partial charge < -0.3 is 9.30 Å². The summed E-state index contributed by atoms with van der Waals surface area (Å²) in [6, 6.07) is 4.02. The SMILES string of the molecule is C#CCC(C)(OC)c1cccn1C. The fraction of sp³-hybridized carbons (Fsp3) is 0.455. The van der Waals surface area contributed by atoms with Crippen LogP contribution in [0.2, 0.25) is 0 Å². The second-order valence-electron chi connectivity index (χ2n) is 3.32. The maximum atomic E-state index is 5.44. The number of terminal acetylenes is 1. The van der Waals surface area contributed by atoms with Crippen molar-refractivity contribution in [3.8, 4) is 12.3 Å². The first-order valence-electron chi connectivity index (χ1n) is 4.24. The quantitative estimate of drug-likeness (QED) is 0.643. The molecule has 1 aromatic rings. The van der Waals surface area contributed by atoms with Crippen LogP contribution in [-0.2, 0) is 17.4 Å². The van der Waals surface area contributed by atoms with Crippen molar-refractivity contribution in [1.82, 2.24) is 4.57 Å². The maximum Gasteiger partial charge on any atom is 0.116 e. The highest BCUT2D eigenvalue weighted by Crippen LogP contribution is 2.27. The predicted molar refractivity (Wildman–Crippen MR) is 53.2 cm³/mol. The van der Waals surface area contributed by atoms with E-state index >= 15 is 0 Å². The molecule has 0 saturated heterocycles. The Balaban J connectivity index is 3.03. The molecule has 0 spiro atoms. The second kappa shape index (κ2) is 3.68. The number of aromatic nitrogens is 1. The Labute approximate surface area is 79.5 Å². The molecule has 13 heavy (non-hydrogen) atoms. The predicted octanol–water partition coefficient (Wildman–Crippen LogP) is 1.91. The van der Waals surface area contributed by atoms with Crippen LogP contribution in [0.3, 0.4) is 0 Å². The third-order valence-electron chi connectivity index (χ3n) is 2.38. The standard InChI is InChI=1S/C11H15NO/c1-5-8-11(2,13-4)10-7-6-9-12(10)3/h1,6-7,9H,8H2,2-4H3. The van der Waals surface area contributed by atoms with Crippen LogP contribution in [0.15, 0.2) is 18.3 Å². The molecule has 1 unspecified atom stereocenters. The summed E-state index contributed by atoms with van der Waals surface area (Å²) in [6.07, 6.45) is 7.88. The summed E-state index contributed by atoms with van der Waals surface area (Å²) in [5, 5.41) is 0. The molecule has 0 radical (unpaired) electrons.